The van der Waals surface area contributed by atoms with Crippen LogP contribution in [0.3, 0.4) is 0 Å². The number of esters is 1. The van der Waals surface area contributed by atoms with Crippen molar-refractivity contribution in [2.24, 2.45) is 0 Å². The quantitative estimate of drug-likeness (QED) is 0.622. The van der Waals surface area contributed by atoms with Gasteiger partial charge in [0.2, 0.25) is 5.88 Å². The third-order valence-corrected chi connectivity index (χ3v) is 1.83. The molecule has 0 N–H and O–H groups in total. The molecule has 0 aliphatic carbocycles. The van der Waals surface area contributed by atoms with E-state index in [0.29, 0.717) is 7.11 Å². The molecule has 4 nitrogen and oxygen atoms in total. The van der Waals surface area contributed by atoms with Crippen LogP contribution in [0.4, 0.5) is 30.7 Å². The van der Waals surface area contributed by atoms with E-state index in [9.17, 15) is 35.5 Å². The fourth-order valence-corrected chi connectivity index (χ4v) is 1.18. The Morgan fingerprint density at radius 1 is 1.20 bits per heavy atom. The minimum absolute atomic E-state index is 0.233. The first-order valence-corrected chi connectivity index (χ1v) is 4.57. The van der Waals surface area contributed by atoms with E-state index in [4.69, 9.17) is 0 Å². The first-order chi connectivity index (χ1) is 8.95. The zero-order chi connectivity index (χ0) is 15.7. The average molecular weight is 307 g/mol. The van der Waals surface area contributed by atoms with Gasteiger partial charge in [-0.25, -0.2) is 14.2 Å². The normalized spacial score (nSPS) is 12.2. The Labute approximate surface area is 106 Å². The van der Waals surface area contributed by atoms with Crippen LogP contribution in [0.1, 0.15) is 16.1 Å². The fourth-order valence-electron chi connectivity index (χ4n) is 1.18. The summed E-state index contributed by atoms with van der Waals surface area (Å²) < 4.78 is 93.6. The molecule has 1 rings (SSSR count). The highest BCUT2D eigenvalue weighted by molar-refractivity contribution is 5.89. The standard InChI is InChI=1S/C9H4F7NO3/c1-19-7(18)6-5(8(11,12)13)3(10)2-4(17-6)20-9(14,15)16/h2H,1H3. The number of carbonyl (C=O) groups excluding carboxylic acids is 1. The molecular weight excluding hydrogens is 303 g/mol. The van der Waals surface area contributed by atoms with Crippen molar-refractivity contribution in [3.63, 3.8) is 0 Å². The van der Waals surface area contributed by atoms with Crippen molar-refractivity contribution >= 4 is 5.97 Å². The van der Waals surface area contributed by atoms with Gasteiger partial charge in [-0.2, -0.15) is 13.2 Å². The molecule has 0 fully saturated rings. The Hall–Kier alpha value is -2.07. The number of methoxy groups -OCH3 is 1. The molecule has 11 heteroatoms. The van der Waals surface area contributed by atoms with Gasteiger partial charge in [0.05, 0.1) is 7.11 Å². The molecule has 112 valence electrons. The summed E-state index contributed by atoms with van der Waals surface area (Å²) >= 11 is 0. The number of pyridine rings is 1. The maximum Gasteiger partial charge on any atom is 0.574 e. The van der Waals surface area contributed by atoms with Crippen LogP contribution in [-0.2, 0) is 10.9 Å². The molecule has 1 heterocycles. The molecule has 0 radical (unpaired) electrons. The summed E-state index contributed by atoms with van der Waals surface area (Å²) in [6.07, 6.45) is -10.7. The zero-order valence-corrected chi connectivity index (χ0v) is 9.40. The van der Waals surface area contributed by atoms with Crippen LogP contribution >= 0.6 is 0 Å². The lowest BCUT2D eigenvalue weighted by Crippen LogP contribution is -2.22. The smallest absolute Gasteiger partial charge is 0.464 e. The number of alkyl halides is 6. The van der Waals surface area contributed by atoms with Crippen LogP contribution in [0.15, 0.2) is 6.07 Å². The van der Waals surface area contributed by atoms with Gasteiger partial charge in [-0.05, 0) is 0 Å². The summed E-state index contributed by atoms with van der Waals surface area (Å²) in [6.45, 7) is 0. The molecule has 0 aliphatic heterocycles. The molecule has 0 saturated carbocycles. The van der Waals surface area contributed by atoms with Crippen molar-refractivity contribution < 1.29 is 45.0 Å². The highest BCUT2D eigenvalue weighted by Crippen LogP contribution is 2.35. The Kier molecular flexibility index (Phi) is 4.10. The van der Waals surface area contributed by atoms with Crippen LogP contribution in [0, 0.1) is 5.82 Å². The number of carbonyl (C=O) groups is 1. The minimum atomic E-state index is -5.35. The van der Waals surface area contributed by atoms with E-state index in [2.05, 4.69) is 14.5 Å². The lowest BCUT2D eigenvalue weighted by Gasteiger charge is -2.14. The lowest BCUT2D eigenvalue weighted by molar-refractivity contribution is -0.276. The van der Waals surface area contributed by atoms with Crippen LogP contribution in [0.25, 0.3) is 0 Å². The molecule has 0 bridgehead atoms. The maximum atomic E-state index is 13.3. The Balaban J connectivity index is 3.45. The van der Waals surface area contributed by atoms with Crippen molar-refractivity contribution in [3.8, 4) is 5.88 Å². The molecule has 0 spiro atoms. The van der Waals surface area contributed by atoms with E-state index in [0.717, 1.165) is 0 Å². The van der Waals surface area contributed by atoms with Gasteiger partial charge < -0.3 is 9.47 Å². The second-order valence-corrected chi connectivity index (χ2v) is 3.20. The van der Waals surface area contributed by atoms with Crippen molar-refractivity contribution in [2.45, 2.75) is 12.5 Å². The molecule has 1 aromatic rings. The number of aromatic nitrogens is 1. The van der Waals surface area contributed by atoms with E-state index < -0.39 is 41.5 Å². The maximum absolute atomic E-state index is 13.3. The van der Waals surface area contributed by atoms with E-state index in [-0.39, 0.29) is 6.07 Å². The average Bonchev–Trinajstić information content (AvgIpc) is 2.22. The monoisotopic (exact) mass is 307 g/mol. The first-order valence-electron chi connectivity index (χ1n) is 4.57. The molecule has 0 amide bonds. The van der Waals surface area contributed by atoms with E-state index in [1.165, 1.54) is 0 Å². The van der Waals surface area contributed by atoms with E-state index in [1.54, 1.807) is 0 Å². The van der Waals surface area contributed by atoms with Gasteiger partial charge in [0, 0.05) is 6.07 Å². The largest absolute Gasteiger partial charge is 0.574 e. The summed E-state index contributed by atoms with van der Waals surface area (Å²) in [4.78, 5) is 13.7. The topological polar surface area (TPSA) is 48.4 Å². The van der Waals surface area contributed by atoms with Crippen LogP contribution in [0.2, 0.25) is 0 Å². The van der Waals surface area contributed by atoms with Crippen LogP contribution in [0.5, 0.6) is 5.88 Å². The van der Waals surface area contributed by atoms with Gasteiger partial charge in [0.25, 0.3) is 0 Å². The molecule has 0 saturated heterocycles. The molecule has 0 aliphatic rings. The molecule has 1 aromatic heterocycles. The summed E-state index contributed by atoms with van der Waals surface area (Å²) in [5.41, 5.74) is -3.81. The third kappa shape index (κ3) is 3.71. The summed E-state index contributed by atoms with van der Waals surface area (Å²) in [5.74, 6) is -5.46. The second kappa shape index (κ2) is 5.13. The molecule has 20 heavy (non-hydrogen) atoms. The number of hydrogen-bond donors (Lipinski definition) is 0. The van der Waals surface area contributed by atoms with Gasteiger partial charge in [-0.1, -0.05) is 0 Å². The van der Waals surface area contributed by atoms with Crippen molar-refractivity contribution in [2.75, 3.05) is 7.11 Å². The van der Waals surface area contributed by atoms with Crippen LogP contribution < -0.4 is 4.74 Å². The van der Waals surface area contributed by atoms with Crippen LogP contribution in [-0.4, -0.2) is 24.4 Å². The second-order valence-electron chi connectivity index (χ2n) is 3.20. The fraction of sp³-hybridized carbons (Fsp3) is 0.333. The third-order valence-electron chi connectivity index (χ3n) is 1.83. The number of nitrogens with zero attached hydrogens (tertiary/aromatic N) is 1. The summed E-state index contributed by atoms with van der Waals surface area (Å²) in [7, 11) is 0.652. The highest BCUT2D eigenvalue weighted by atomic mass is 19.4. The number of hydrogen-bond acceptors (Lipinski definition) is 4. The van der Waals surface area contributed by atoms with E-state index >= 15 is 0 Å². The van der Waals surface area contributed by atoms with Crippen molar-refractivity contribution in [1.29, 1.82) is 0 Å². The molecule has 0 atom stereocenters. The SMILES string of the molecule is COC(=O)c1nc(OC(F)(F)F)cc(F)c1C(F)(F)F. The van der Waals surface area contributed by atoms with Crippen molar-refractivity contribution in [3.05, 3.63) is 23.1 Å². The number of ether oxygens (including phenoxy) is 2. The van der Waals surface area contributed by atoms with Gasteiger partial charge >= 0.3 is 18.5 Å². The summed E-state index contributed by atoms with van der Waals surface area (Å²) in [6, 6.07) is -0.233. The number of halogens is 7. The minimum Gasteiger partial charge on any atom is -0.464 e. The predicted molar refractivity (Wildman–Crippen MR) is 47.2 cm³/mol. The first kappa shape index (κ1) is 16.0. The molecule has 0 aromatic carbocycles. The highest BCUT2D eigenvalue weighted by Gasteiger charge is 2.42. The molecular formula is C9H4F7NO3. The Morgan fingerprint density at radius 3 is 2.15 bits per heavy atom. The van der Waals surface area contributed by atoms with Gasteiger partial charge in [0.1, 0.15) is 11.4 Å². The zero-order valence-electron chi connectivity index (χ0n) is 9.40. The Morgan fingerprint density at radius 2 is 1.75 bits per heavy atom. The number of rotatable bonds is 2. The van der Waals surface area contributed by atoms with Gasteiger partial charge in [-0.15, -0.1) is 13.2 Å². The van der Waals surface area contributed by atoms with Gasteiger partial charge in [-0.3, -0.25) is 0 Å². The summed E-state index contributed by atoms with van der Waals surface area (Å²) in [5, 5.41) is 0. The van der Waals surface area contributed by atoms with Gasteiger partial charge in [0.15, 0.2) is 5.69 Å². The Bertz CT molecular complexity index is 523. The predicted octanol–water partition coefficient (Wildman–Crippen LogP) is 2.92. The van der Waals surface area contributed by atoms with E-state index in [1.807, 2.05) is 0 Å². The molecule has 0 unspecified atom stereocenters. The lowest BCUT2D eigenvalue weighted by atomic mass is 10.1. The van der Waals surface area contributed by atoms with Crippen molar-refractivity contribution in [1.82, 2.24) is 4.98 Å².